The summed E-state index contributed by atoms with van der Waals surface area (Å²) in [6, 6.07) is 7.37. The molecule has 14 atom stereocenters. The van der Waals surface area contributed by atoms with Gasteiger partial charge in [-0.3, -0.25) is 9.69 Å². The zero-order valence-electron chi connectivity index (χ0n) is 37.0. The molecule has 0 aromatic heterocycles. The summed E-state index contributed by atoms with van der Waals surface area (Å²) >= 11 is 0. The molecule has 342 valence electrons. The molecule has 60 heavy (non-hydrogen) atoms. The van der Waals surface area contributed by atoms with E-state index in [9.17, 15) is 48.8 Å². The summed E-state index contributed by atoms with van der Waals surface area (Å²) in [7, 11) is -0.532. The smallest absolute Gasteiger partial charge is 0.331 e. The van der Waals surface area contributed by atoms with E-state index in [0.717, 1.165) is 0 Å². The van der Waals surface area contributed by atoms with Crippen molar-refractivity contribution in [2.45, 2.75) is 159 Å². The monoisotopic (exact) mass is 869 g/mol. The Morgan fingerprint density at radius 3 is 2.27 bits per heavy atom. The number of ether oxygens (including phenoxy) is 3. The van der Waals surface area contributed by atoms with Gasteiger partial charge in [-0.25, -0.2) is 17.9 Å². The minimum atomic E-state index is -4.21. The van der Waals surface area contributed by atoms with Crippen LogP contribution < -0.4 is 4.72 Å². The van der Waals surface area contributed by atoms with Crippen molar-refractivity contribution in [2.75, 3.05) is 40.3 Å². The highest BCUT2D eigenvalue weighted by Crippen LogP contribution is 2.37. The molecule has 3 rings (SSSR count). The molecule has 0 aliphatic carbocycles. The fraction of sp³-hybridized carbons (Fsp3) is 0.786. The van der Waals surface area contributed by atoms with Gasteiger partial charge in [0.05, 0.1) is 47.2 Å². The van der Waals surface area contributed by atoms with Gasteiger partial charge in [-0.15, -0.1) is 0 Å². The number of hydrogen-bond acceptors (Lipinski definition) is 15. The van der Waals surface area contributed by atoms with Gasteiger partial charge >= 0.3 is 12.0 Å². The number of nitriles is 1. The van der Waals surface area contributed by atoms with Crippen LogP contribution in [0.25, 0.3) is 0 Å². The Balaban J connectivity index is 1.99. The molecule has 2 heterocycles. The maximum absolute atomic E-state index is 13.7. The topological polar surface area (TPSA) is 243 Å². The number of benzene rings is 1. The van der Waals surface area contributed by atoms with Crippen LogP contribution in [-0.2, 0) is 29.0 Å². The fourth-order valence-corrected chi connectivity index (χ4v) is 9.69. The van der Waals surface area contributed by atoms with Gasteiger partial charge in [0.2, 0.25) is 0 Å². The highest BCUT2D eigenvalue weighted by Gasteiger charge is 2.50. The molecule has 0 spiro atoms. The lowest BCUT2D eigenvalue weighted by atomic mass is 9.78. The summed E-state index contributed by atoms with van der Waals surface area (Å²) in [6.07, 6.45) is -6.96. The molecule has 2 fully saturated rings. The van der Waals surface area contributed by atoms with Crippen LogP contribution >= 0.6 is 0 Å². The van der Waals surface area contributed by atoms with E-state index >= 15 is 0 Å². The van der Waals surface area contributed by atoms with Crippen molar-refractivity contribution in [3.05, 3.63) is 30.3 Å². The molecule has 18 heteroatoms. The van der Waals surface area contributed by atoms with Crippen LogP contribution in [0, 0.1) is 29.1 Å². The molecule has 6 N–H and O–H groups in total. The van der Waals surface area contributed by atoms with E-state index in [4.69, 9.17) is 14.2 Å². The number of urea groups is 1. The molecular weight excluding hydrogens is 799 g/mol. The first-order valence-electron chi connectivity index (χ1n) is 21.0. The number of likely N-dealkylation sites (N-methyl/N-ethyl adjacent to an activating group) is 1. The number of cyclic esters (lactones) is 1. The first-order chi connectivity index (χ1) is 27.9. The Morgan fingerprint density at radius 1 is 1.05 bits per heavy atom. The van der Waals surface area contributed by atoms with Crippen molar-refractivity contribution in [1.29, 1.82) is 5.26 Å². The number of nitrogens with one attached hydrogen (secondary N) is 1. The third-order valence-electron chi connectivity index (χ3n) is 12.2. The van der Waals surface area contributed by atoms with Gasteiger partial charge < -0.3 is 49.5 Å². The van der Waals surface area contributed by atoms with Crippen molar-refractivity contribution in [2.24, 2.45) is 17.8 Å². The first-order valence-corrected chi connectivity index (χ1v) is 22.5. The van der Waals surface area contributed by atoms with E-state index in [0.29, 0.717) is 6.42 Å². The molecule has 2 aliphatic rings. The summed E-state index contributed by atoms with van der Waals surface area (Å²) in [6.45, 7) is 13.6. The van der Waals surface area contributed by atoms with E-state index < -0.39 is 87.9 Å². The molecule has 0 radical (unpaired) electrons. The second kappa shape index (κ2) is 21.9. The van der Waals surface area contributed by atoms with E-state index in [1.807, 2.05) is 43.8 Å². The zero-order chi connectivity index (χ0) is 45.3. The van der Waals surface area contributed by atoms with Crippen molar-refractivity contribution in [3.63, 3.8) is 0 Å². The Bertz CT molecular complexity index is 1680. The average molecular weight is 870 g/mol. The molecule has 2 amide bonds. The van der Waals surface area contributed by atoms with Crippen LogP contribution in [-0.4, -0.2) is 167 Å². The first kappa shape index (κ1) is 51.4. The maximum Gasteiger partial charge on any atom is 0.331 e. The normalized spacial score (nSPS) is 36.7. The minimum absolute atomic E-state index is 0.0219. The lowest BCUT2D eigenvalue weighted by Crippen LogP contribution is -2.59. The van der Waals surface area contributed by atoms with Gasteiger partial charge in [0.25, 0.3) is 10.0 Å². The lowest BCUT2D eigenvalue weighted by Gasteiger charge is -2.46. The Hall–Kier alpha value is -2.96. The van der Waals surface area contributed by atoms with Crippen LogP contribution in [0.2, 0.25) is 0 Å². The number of aliphatic hydroxyl groups is 5. The molecule has 17 nitrogen and oxygen atoms in total. The number of carbonyl (C=O) groups is 2. The van der Waals surface area contributed by atoms with Crippen LogP contribution in [0.3, 0.4) is 0 Å². The van der Waals surface area contributed by atoms with Gasteiger partial charge in [-0.05, 0) is 92.4 Å². The number of aliphatic hydroxyl groups excluding tert-OH is 3. The second-order valence-electron chi connectivity index (χ2n) is 17.6. The van der Waals surface area contributed by atoms with Crippen LogP contribution in [0.4, 0.5) is 4.79 Å². The molecular formula is C42H71N5O12S. The van der Waals surface area contributed by atoms with Crippen LogP contribution in [0.15, 0.2) is 35.2 Å². The number of carbonyl (C=O) groups excluding carboxylic acids is 2. The van der Waals surface area contributed by atoms with E-state index in [1.54, 1.807) is 33.8 Å². The summed E-state index contributed by atoms with van der Waals surface area (Å²) in [5.41, 5.74) is -3.67. The number of nitrogens with zero attached hydrogens (tertiary/aromatic N) is 4. The number of amides is 2. The number of rotatable bonds is 12. The SMILES string of the molecule is CC[C@H]1OC(=O)[C@@H](C)[C@@H](O)[C@@H](C)[C@@H](O[C@H]2O[C@@H](C)C[C@H](N(C)C)[C@@H]2O)[C@](C)(O)C[C@@H](C)CN(CCCN(CCC#N)C(=O)NS(=O)(=O)c2ccccc2)[C@H](C)[C@@H](O)[C@]1(C)O. The minimum Gasteiger partial charge on any atom is -0.459 e. The molecule has 1 aromatic carbocycles. The number of esters is 1. The molecule has 0 saturated carbocycles. The summed E-state index contributed by atoms with van der Waals surface area (Å²) in [5.74, 6) is -3.25. The highest BCUT2D eigenvalue weighted by atomic mass is 32.2. The summed E-state index contributed by atoms with van der Waals surface area (Å²) in [5, 5.41) is 68.5. The lowest BCUT2D eigenvalue weighted by molar-refractivity contribution is -0.299. The summed E-state index contributed by atoms with van der Waals surface area (Å²) in [4.78, 5) is 31.9. The van der Waals surface area contributed by atoms with Crippen molar-refractivity contribution < 1.29 is 57.8 Å². The third-order valence-corrected chi connectivity index (χ3v) is 13.6. The van der Waals surface area contributed by atoms with Gasteiger partial charge in [0, 0.05) is 44.2 Å². The van der Waals surface area contributed by atoms with Crippen molar-refractivity contribution >= 4 is 22.0 Å². The molecule has 1 aromatic rings. The van der Waals surface area contributed by atoms with E-state index in [2.05, 4.69) is 4.72 Å². The quantitative estimate of drug-likeness (QED) is 0.165. The van der Waals surface area contributed by atoms with Gasteiger partial charge in [-0.2, -0.15) is 5.26 Å². The molecule has 2 aliphatic heterocycles. The van der Waals surface area contributed by atoms with Crippen LogP contribution in [0.5, 0.6) is 0 Å². The number of sulfonamides is 1. The Labute approximate surface area is 356 Å². The Morgan fingerprint density at radius 2 is 1.68 bits per heavy atom. The predicted molar refractivity (Wildman–Crippen MR) is 222 cm³/mol. The Kier molecular flexibility index (Phi) is 18.8. The van der Waals surface area contributed by atoms with Gasteiger partial charge in [-0.1, -0.05) is 39.0 Å². The van der Waals surface area contributed by atoms with Gasteiger partial charge in [0.1, 0.15) is 23.9 Å². The summed E-state index contributed by atoms with van der Waals surface area (Å²) < 4.78 is 46.4. The highest BCUT2D eigenvalue weighted by molar-refractivity contribution is 7.90. The van der Waals surface area contributed by atoms with Crippen molar-refractivity contribution in [1.82, 2.24) is 19.4 Å². The predicted octanol–water partition coefficient (Wildman–Crippen LogP) is 2.05. The number of hydrogen-bond donors (Lipinski definition) is 6. The average Bonchev–Trinajstić information content (AvgIpc) is 3.18. The third kappa shape index (κ3) is 13.0. The molecule has 2 saturated heterocycles. The van der Waals surface area contributed by atoms with E-state index in [-0.39, 0.29) is 74.8 Å². The molecule has 0 unspecified atom stereocenters. The van der Waals surface area contributed by atoms with E-state index in [1.165, 1.54) is 43.0 Å². The van der Waals surface area contributed by atoms with Gasteiger partial charge in [0.15, 0.2) is 6.29 Å². The maximum atomic E-state index is 13.7. The fourth-order valence-electron chi connectivity index (χ4n) is 8.70. The van der Waals surface area contributed by atoms with Crippen molar-refractivity contribution in [3.8, 4) is 6.07 Å². The molecule has 0 bridgehead atoms. The zero-order valence-corrected chi connectivity index (χ0v) is 37.8. The largest absolute Gasteiger partial charge is 0.459 e. The van der Waals surface area contributed by atoms with Crippen LogP contribution in [0.1, 0.15) is 87.5 Å². The standard InChI is InChI=1S/C42H71N5O12S/c1-11-33-42(8,54)36(50)30(6)47(22-16-21-46(20-15-19-43)40(52)44-60(55,56)31-17-13-12-14-18-31)25-26(2)24-41(7,53)37(28(4)34(48)29(5)38(51)58-33)59-39-35(49)32(45(9)10)23-27(3)57-39/h12-14,17-18,26-30,32-37,39,48-50,53-54H,11,15-16,20-25H2,1-10H3,(H,44,52)/t26-,27+,28-,29+,30-,32+,33-,34+,35+,36-,37-,39-,41-,42-/m1/s1. The second-order valence-corrected chi connectivity index (χ2v) is 19.3.